The normalized spacial score (nSPS) is 16.3. The largest absolute Gasteiger partial charge is 0.369 e. The van der Waals surface area contributed by atoms with Gasteiger partial charge in [-0.05, 0) is 31.0 Å². The van der Waals surface area contributed by atoms with Crippen LogP contribution in [0.15, 0.2) is 23.1 Å². The third kappa shape index (κ3) is 4.04. The molecule has 1 heterocycles. The maximum absolute atomic E-state index is 13.6. The minimum Gasteiger partial charge on any atom is -0.369 e. The van der Waals surface area contributed by atoms with Crippen LogP contribution in [0.4, 0.5) is 8.78 Å². The summed E-state index contributed by atoms with van der Waals surface area (Å²) in [6.07, 6.45) is 0.713. The number of primary amides is 1. The van der Waals surface area contributed by atoms with Crippen molar-refractivity contribution in [3.8, 4) is 0 Å². The van der Waals surface area contributed by atoms with Gasteiger partial charge < -0.3 is 10.6 Å². The number of hydrogen-bond donors (Lipinski definition) is 1. The molecular formula is C14H16F2N2O4S. The zero-order valence-electron chi connectivity index (χ0n) is 12.2. The summed E-state index contributed by atoms with van der Waals surface area (Å²) in [7, 11) is -4.29. The number of rotatable bonds is 4. The van der Waals surface area contributed by atoms with Crippen LogP contribution in [0.2, 0.25) is 0 Å². The number of carbonyl (C=O) groups excluding carboxylic acids is 2. The molecule has 0 aromatic heterocycles. The number of amides is 2. The fourth-order valence-corrected chi connectivity index (χ4v) is 3.78. The Balaban J connectivity index is 2.08. The summed E-state index contributed by atoms with van der Waals surface area (Å²) < 4.78 is 50.9. The average molecular weight is 346 g/mol. The second-order valence-corrected chi connectivity index (χ2v) is 7.35. The van der Waals surface area contributed by atoms with Gasteiger partial charge in [-0.1, -0.05) is 0 Å². The Morgan fingerprint density at radius 1 is 1.22 bits per heavy atom. The van der Waals surface area contributed by atoms with Gasteiger partial charge in [0.2, 0.25) is 11.8 Å². The minimum atomic E-state index is -4.29. The van der Waals surface area contributed by atoms with Gasteiger partial charge in [0.1, 0.15) is 22.3 Å². The fraction of sp³-hybridized carbons (Fsp3) is 0.429. The lowest BCUT2D eigenvalue weighted by atomic mass is 9.96. The van der Waals surface area contributed by atoms with Crippen LogP contribution in [-0.4, -0.2) is 44.0 Å². The van der Waals surface area contributed by atoms with E-state index >= 15 is 0 Å². The molecule has 2 N–H and O–H groups in total. The van der Waals surface area contributed by atoms with E-state index in [1.54, 1.807) is 0 Å². The molecule has 0 unspecified atom stereocenters. The number of hydrogen-bond acceptors (Lipinski definition) is 4. The average Bonchev–Trinajstić information content (AvgIpc) is 2.49. The van der Waals surface area contributed by atoms with Gasteiger partial charge in [-0.25, -0.2) is 17.2 Å². The predicted octanol–water partition coefficient (Wildman–Crippen LogP) is 0.462. The SMILES string of the molecule is NC(=O)C1CCN(C(=O)CS(=O)(=O)c2cc(F)ccc2F)CC1. The fourth-order valence-electron chi connectivity index (χ4n) is 2.46. The first-order valence-electron chi connectivity index (χ1n) is 6.95. The first-order valence-corrected chi connectivity index (χ1v) is 8.61. The predicted molar refractivity (Wildman–Crippen MR) is 76.9 cm³/mol. The molecule has 9 heteroatoms. The summed E-state index contributed by atoms with van der Waals surface area (Å²) in [6.45, 7) is 0.404. The summed E-state index contributed by atoms with van der Waals surface area (Å²) >= 11 is 0. The standard InChI is InChI=1S/C14H16F2N2O4S/c15-10-1-2-11(16)12(7-10)23(21,22)8-13(19)18-5-3-9(4-6-18)14(17)20/h1-2,7,9H,3-6,8H2,(H2,17,20). The zero-order valence-corrected chi connectivity index (χ0v) is 13.0. The first kappa shape index (κ1) is 17.3. The molecule has 6 nitrogen and oxygen atoms in total. The number of benzene rings is 1. The Hall–Kier alpha value is -2.03. The summed E-state index contributed by atoms with van der Waals surface area (Å²) in [4.78, 5) is 23.6. The van der Waals surface area contributed by atoms with Crippen LogP contribution in [0.25, 0.3) is 0 Å². The Labute approximate surface area is 132 Å². The number of nitrogens with two attached hydrogens (primary N) is 1. The van der Waals surface area contributed by atoms with E-state index in [1.165, 1.54) is 4.90 Å². The van der Waals surface area contributed by atoms with Gasteiger partial charge in [-0.3, -0.25) is 9.59 Å². The number of carbonyl (C=O) groups is 2. The van der Waals surface area contributed by atoms with Crippen LogP contribution >= 0.6 is 0 Å². The van der Waals surface area contributed by atoms with Crippen molar-refractivity contribution >= 4 is 21.7 Å². The minimum absolute atomic E-state index is 0.202. The van der Waals surface area contributed by atoms with Crippen molar-refractivity contribution in [3.05, 3.63) is 29.8 Å². The summed E-state index contributed by atoms with van der Waals surface area (Å²) in [5, 5.41) is 0. The lowest BCUT2D eigenvalue weighted by molar-refractivity contribution is -0.132. The number of piperidine rings is 1. The van der Waals surface area contributed by atoms with Crippen molar-refractivity contribution in [3.63, 3.8) is 0 Å². The maximum Gasteiger partial charge on any atom is 0.238 e. The van der Waals surface area contributed by atoms with E-state index in [1.807, 2.05) is 0 Å². The van der Waals surface area contributed by atoms with Crippen LogP contribution in [0, 0.1) is 17.6 Å². The molecule has 0 atom stereocenters. The molecule has 126 valence electrons. The lowest BCUT2D eigenvalue weighted by Gasteiger charge is -2.30. The Bertz CT molecular complexity index is 728. The van der Waals surface area contributed by atoms with Crippen LogP contribution < -0.4 is 5.73 Å². The molecule has 23 heavy (non-hydrogen) atoms. The molecule has 1 aliphatic heterocycles. The Kier molecular flexibility index (Phi) is 4.98. The van der Waals surface area contributed by atoms with Gasteiger partial charge in [0.15, 0.2) is 9.84 Å². The molecule has 2 amide bonds. The highest BCUT2D eigenvalue weighted by Gasteiger charge is 2.30. The molecule has 2 rings (SSSR count). The maximum atomic E-state index is 13.6. The number of likely N-dealkylation sites (tertiary alicyclic amines) is 1. The van der Waals surface area contributed by atoms with Crippen molar-refractivity contribution in [1.82, 2.24) is 4.90 Å². The quantitative estimate of drug-likeness (QED) is 0.856. The highest BCUT2D eigenvalue weighted by Crippen LogP contribution is 2.20. The Morgan fingerprint density at radius 2 is 1.83 bits per heavy atom. The van der Waals surface area contributed by atoms with E-state index in [0.717, 1.165) is 6.07 Å². The van der Waals surface area contributed by atoms with Crippen LogP contribution in [0.1, 0.15) is 12.8 Å². The number of halogens is 2. The molecular weight excluding hydrogens is 330 g/mol. The van der Waals surface area contributed by atoms with Crippen LogP contribution in [0.5, 0.6) is 0 Å². The van der Waals surface area contributed by atoms with E-state index < -0.39 is 43.9 Å². The van der Waals surface area contributed by atoms with E-state index in [9.17, 15) is 26.8 Å². The van der Waals surface area contributed by atoms with Gasteiger partial charge in [0, 0.05) is 19.0 Å². The number of sulfone groups is 1. The molecule has 1 aromatic carbocycles. The highest BCUT2D eigenvalue weighted by molar-refractivity contribution is 7.92. The Morgan fingerprint density at radius 3 is 2.39 bits per heavy atom. The topological polar surface area (TPSA) is 97.5 Å². The van der Waals surface area contributed by atoms with Crippen molar-refractivity contribution in [2.75, 3.05) is 18.8 Å². The molecule has 0 aliphatic carbocycles. The molecule has 1 aromatic rings. The van der Waals surface area contributed by atoms with E-state index in [-0.39, 0.29) is 19.0 Å². The molecule has 1 aliphatic rings. The van der Waals surface area contributed by atoms with Gasteiger partial charge >= 0.3 is 0 Å². The monoisotopic (exact) mass is 346 g/mol. The van der Waals surface area contributed by atoms with Gasteiger partial charge in [-0.15, -0.1) is 0 Å². The molecule has 0 saturated carbocycles. The van der Waals surface area contributed by atoms with E-state index in [2.05, 4.69) is 0 Å². The van der Waals surface area contributed by atoms with Gasteiger partial charge in [0.05, 0.1) is 0 Å². The second-order valence-electron chi connectivity index (χ2n) is 5.39. The van der Waals surface area contributed by atoms with E-state index in [0.29, 0.717) is 25.0 Å². The third-order valence-electron chi connectivity index (χ3n) is 3.79. The van der Waals surface area contributed by atoms with Gasteiger partial charge in [-0.2, -0.15) is 0 Å². The molecule has 0 radical (unpaired) electrons. The van der Waals surface area contributed by atoms with Crippen LogP contribution in [0.3, 0.4) is 0 Å². The van der Waals surface area contributed by atoms with Crippen molar-refractivity contribution in [1.29, 1.82) is 0 Å². The number of nitrogens with zero attached hydrogens (tertiary/aromatic N) is 1. The lowest BCUT2D eigenvalue weighted by Crippen LogP contribution is -2.43. The third-order valence-corrected chi connectivity index (χ3v) is 5.40. The summed E-state index contributed by atoms with van der Waals surface area (Å²) in [5.41, 5.74) is 5.18. The van der Waals surface area contributed by atoms with E-state index in [4.69, 9.17) is 5.73 Å². The summed E-state index contributed by atoms with van der Waals surface area (Å²) in [6, 6.07) is 2.05. The first-order chi connectivity index (χ1) is 10.7. The molecule has 0 spiro atoms. The van der Waals surface area contributed by atoms with Gasteiger partial charge in [0.25, 0.3) is 0 Å². The van der Waals surface area contributed by atoms with Crippen LogP contribution in [-0.2, 0) is 19.4 Å². The molecule has 1 fully saturated rings. The molecule has 1 saturated heterocycles. The molecule has 0 bridgehead atoms. The second kappa shape index (κ2) is 6.61. The zero-order chi connectivity index (χ0) is 17.2. The summed E-state index contributed by atoms with van der Waals surface area (Å²) in [5.74, 6) is -4.46. The van der Waals surface area contributed by atoms with Crippen molar-refractivity contribution in [2.45, 2.75) is 17.7 Å². The van der Waals surface area contributed by atoms with Crippen molar-refractivity contribution in [2.24, 2.45) is 11.7 Å². The van der Waals surface area contributed by atoms with Crippen molar-refractivity contribution < 1.29 is 26.8 Å². The smallest absolute Gasteiger partial charge is 0.238 e. The highest BCUT2D eigenvalue weighted by atomic mass is 32.2.